The van der Waals surface area contributed by atoms with E-state index in [-0.39, 0.29) is 17.1 Å². The standard InChI is InChI=1S/C25H27F2N7O/c1-15(2)32-11-13-33(14-12-32)25-29-22(18-5-4-6-19(26)21(18)27)20-23(28)34(31-24(20)30-25)16-7-9-17(35-3)10-8-16/h4-10,15H,11-14,28H2,1-3H3. The Hall–Kier alpha value is -3.79. The molecule has 4 aromatic rings. The molecule has 182 valence electrons. The van der Waals surface area contributed by atoms with Gasteiger partial charge in [-0.15, -0.1) is 5.10 Å². The highest BCUT2D eigenvalue weighted by Gasteiger charge is 2.26. The van der Waals surface area contributed by atoms with Gasteiger partial charge in [0.1, 0.15) is 11.6 Å². The third kappa shape index (κ3) is 4.14. The van der Waals surface area contributed by atoms with Crippen LogP contribution in [0.15, 0.2) is 42.5 Å². The van der Waals surface area contributed by atoms with Crippen LogP contribution in [0, 0.1) is 11.6 Å². The van der Waals surface area contributed by atoms with Crippen LogP contribution < -0.4 is 15.4 Å². The predicted octanol–water partition coefficient (Wildman–Crippen LogP) is 3.88. The largest absolute Gasteiger partial charge is 0.497 e. The zero-order valence-corrected chi connectivity index (χ0v) is 19.9. The highest BCUT2D eigenvalue weighted by molar-refractivity contribution is 5.99. The van der Waals surface area contributed by atoms with E-state index >= 15 is 0 Å². The number of hydrogen-bond donors (Lipinski definition) is 1. The van der Waals surface area contributed by atoms with Crippen LogP contribution in [0.3, 0.4) is 0 Å². The summed E-state index contributed by atoms with van der Waals surface area (Å²) in [6, 6.07) is 11.7. The molecule has 5 rings (SSSR count). The molecule has 10 heteroatoms. The SMILES string of the molecule is COc1ccc(-n2nc3nc(N4CCN(C(C)C)CC4)nc(-c4cccc(F)c4F)c3c2N)cc1. The Bertz CT molecular complexity index is 1360. The average Bonchev–Trinajstić information content (AvgIpc) is 3.21. The quantitative estimate of drug-likeness (QED) is 0.465. The third-order valence-electron chi connectivity index (χ3n) is 6.41. The molecular formula is C25H27F2N7O. The van der Waals surface area contributed by atoms with Gasteiger partial charge >= 0.3 is 0 Å². The van der Waals surface area contributed by atoms with Crippen molar-refractivity contribution in [2.24, 2.45) is 0 Å². The summed E-state index contributed by atoms with van der Waals surface area (Å²) in [6.45, 7) is 7.46. The third-order valence-corrected chi connectivity index (χ3v) is 6.41. The van der Waals surface area contributed by atoms with Gasteiger partial charge in [0.2, 0.25) is 5.95 Å². The Kier molecular flexibility index (Phi) is 5.98. The number of halogens is 2. The second-order valence-electron chi connectivity index (χ2n) is 8.78. The van der Waals surface area contributed by atoms with Crippen molar-refractivity contribution in [2.75, 3.05) is 43.9 Å². The molecule has 1 aliphatic rings. The molecule has 0 unspecified atom stereocenters. The lowest BCUT2D eigenvalue weighted by molar-refractivity contribution is 0.208. The zero-order valence-electron chi connectivity index (χ0n) is 19.9. The number of piperazine rings is 1. The van der Waals surface area contributed by atoms with Gasteiger partial charge in [-0.25, -0.2) is 18.4 Å². The average molecular weight is 480 g/mol. The van der Waals surface area contributed by atoms with Gasteiger partial charge in [-0.05, 0) is 50.2 Å². The predicted molar refractivity (Wildman–Crippen MR) is 132 cm³/mol. The van der Waals surface area contributed by atoms with E-state index in [1.807, 2.05) is 17.0 Å². The molecule has 0 amide bonds. The number of nitrogens with zero attached hydrogens (tertiary/aromatic N) is 6. The maximum Gasteiger partial charge on any atom is 0.228 e. The first-order valence-corrected chi connectivity index (χ1v) is 11.5. The van der Waals surface area contributed by atoms with Crippen molar-refractivity contribution < 1.29 is 13.5 Å². The Balaban J connectivity index is 1.67. The van der Waals surface area contributed by atoms with E-state index in [1.54, 1.807) is 19.2 Å². The summed E-state index contributed by atoms with van der Waals surface area (Å²) < 4.78 is 35.9. The van der Waals surface area contributed by atoms with Crippen molar-refractivity contribution in [1.82, 2.24) is 24.6 Å². The van der Waals surface area contributed by atoms with Crippen molar-refractivity contribution in [3.05, 3.63) is 54.1 Å². The zero-order chi connectivity index (χ0) is 24.7. The van der Waals surface area contributed by atoms with E-state index in [2.05, 4.69) is 23.8 Å². The Labute approximate surface area is 201 Å². The molecule has 2 aromatic heterocycles. The number of nitrogens with two attached hydrogens (primary N) is 1. The first-order valence-electron chi connectivity index (χ1n) is 11.5. The summed E-state index contributed by atoms with van der Waals surface area (Å²) >= 11 is 0. The molecule has 0 aliphatic carbocycles. The second-order valence-corrected chi connectivity index (χ2v) is 8.78. The van der Waals surface area contributed by atoms with Crippen LogP contribution in [0.25, 0.3) is 28.0 Å². The van der Waals surface area contributed by atoms with E-state index in [0.29, 0.717) is 47.5 Å². The first-order chi connectivity index (χ1) is 16.9. The highest BCUT2D eigenvalue weighted by Crippen LogP contribution is 2.35. The number of benzene rings is 2. The summed E-state index contributed by atoms with van der Waals surface area (Å²) in [6.07, 6.45) is 0. The van der Waals surface area contributed by atoms with Gasteiger partial charge in [0.25, 0.3) is 0 Å². The fraction of sp³-hybridized carbons (Fsp3) is 0.320. The number of methoxy groups -OCH3 is 1. The molecule has 0 radical (unpaired) electrons. The van der Waals surface area contributed by atoms with Gasteiger partial charge in [-0.3, -0.25) is 4.90 Å². The van der Waals surface area contributed by atoms with Gasteiger partial charge < -0.3 is 15.4 Å². The number of hydrogen-bond acceptors (Lipinski definition) is 7. The summed E-state index contributed by atoms with van der Waals surface area (Å²) in [5.41, 5.74) is 7.72. The summed E-state index contributed by atoms with van der Waals surface area (Å²) in [5, 5.41) is 4.99. The minimum absolute atomic E-state index is 0.0143. The molecule has 1 aliphatic heterocycles. The lowest BCUT2D eigenvalue weighted by Crippen LogP contribution is -2.49. The lowest BCUT2D eigenvalue weighted by Gasteiger charge is -2.36. The number of rotatable bonds is 5. The molecule has 1 saturated heterocycles. The number of fused-ring (bicyclic) bond motifs is 1. The van der Waals surface area contributed by atoms with Crippen molar-refractivity contribution in [2.45, 2.75) is 19.9 Å². The summed E-state index contributed by atoms with van der Waals surface area (Å²) in [4.78, 5) is 13.8. The van der Waals surface area contributed by atoms with Crippen LogP contribution in [0.5, 0.6) is 5.75 Å². The summed E-state index contributed by atoms with van der Waals surface area (Å²) in [5.74, 6) is -0.602. The fourth-order valence-electron chi connectivity index (χ4n) is 4.38. The molecule has 3 heterocycles. The Morgan fingerprint density at radius 2 is 1.69 bits per heavy atom. The molecule has 2 N–H and O–H groups in total. The van der Waals surface area contributed by atoms with E-state index in [9.17, 15) is 8.78 Å². The van der Waals surface area contributed by atoms with Crippen molar-refractivity contribution in [1.29, 1.82) is 0 Å². The fourth-order valence-corrected chi connectivity index (χ4v) is 4.38. The molecular weight excluding hydrogens is 452 g/mol. The van der Waals surface area contributed by atoms with Crippen LogP contribution in [0.4, 0.5) is 20.5 Å². The highest BCUT2D eigenvalue weighted by atomic mass is 19.2. The van der Waals surface area contributed by atoms with E-state index < -0.39 is 11.6 Å². The maximum atomic E-state index is 14.9. The summed E-state index contributed by atoms with van der Waals surface area (Å²) in [7, 11) is 1.59. The monoisotopic (exact) mass is 479 g/mol. The van der Waals surface area contributed by atoms with Gasteiger partial charge in [0.05, 0.1) is 23.9 Å². The molecule has 2 aromatic carbocycles. The van der Waals surface area contributed by atoms with Gasteiger partial charge in [0, 0.05) is 37.8 Å². The van der Waals surface area contributed by atoms with Crippen molar-refractivity contribution in [3.8, 4) is 22.7 Å². The lowest BCUT2D eigenvalue weighted by atomic mass is 10.1. The Morgan fingerprint density at radius 3 is 2.34 bits per heavy atom. The van der Waals surface area contributed by atoms with Crippen LogP contribution in [-0.2, 0) is 0 Å². The number of nitrogen functional groups attached to an aromatic ring is 1. The van der Waals surface area contributed by atoms with Crippen LogP contribution in [0.1, 0.15) is 13.8 Å². The van der Waals surface area contributed by atoms with Crippen molar-refractivity contribution in [3.63, 3.8) is 0 Å². The molecule has 0 atom stereocenters. The molecule has 35 heavy (non-hydrogen) atoms. The topological polar surface area (TPSA) is 85.3 Å². The molecule has 0 spiro atoms. The van der Waals surface area contributed by atoms with Crippen LogP contribution in [0.2, 0.25) is 0 Å². The molecule has 0 bridgehead atoms. The van der Waals surface area contributed by atoms with Crippen molar-refractivity contribution >= 4 is 22.8 Å². The maximum absolute atomic E-state index is 14.9. The van der Waals surface area contributed by atoms with Gasteiger partial charge in [-0.2, -0.15) is 4.98 Å². The minimum atomic E-state index is -0.986. The smallest absolute Gasteiger partial charge is 0.228 e. The first kappa shape index (κ1) is 23.0. The van der Waals surface area contributed by atoms with Crippen LogP contribution >= 0.6 is 0 Å². The normalized spacial score (nSPS) is 14.7. The molecule has 0 saturated carbocycles. The number of ether oxygens (including phenoxy) is 1. The van der Waals surface area contributed by atoms with Crippen LogP contribution in [-0.4, -0.2) is 64.0 Å². The van der Waals surface area contributed by atoms with E-state index in [1.165, 1.54) is 16.8 Å². The van der Waals surface area contributed by atoms with Gasteiger partial charge in [-0.1, -0.05) is 6.07 Å². The van der Waals surface area contributed by atoms with E-state index in [0.717, 1.165) is 19.2 Å². The molecule has 8 nitrogen and oxygen atoms in total. The second kappa shape index (κ2) is 9.10. The van der Waals surface area contributed by atoms with Gasteiger partial charge in [0.15, 0.2) is 17.3 Å². The Morgan fingerprint density at radius 1 is 0.971 bits per heavy atom. The minimum Gasteiger partial charge on any atom is -0.497 e. The van der Waals surface area contributed by atoms with E-state index in [4.69, 9.17) is 20.4 Å². The number of aromatic nitrogens is 4. The number of anilines is 2. The molecule has 1 fully saturated rings.